The van der Waals surface area contributed by atoms with E-state index in [1.54, 1.807) is 24.3 Å². The van der Waals surface area contributed by atoms with E-state index in [9.17, 15) is 13.2 Å². The lowest BCUT2D eigenvalue weighted by atomic mass is 10.3. The molecule has 1 atom stereocenters. The fraction of sp³-hybridized carbons (Fsp3) is 0.500. The molecule has 1 aromatic rings. The van der Waals surface area contributed by atoms with Crippen LogP contribution in [-0.4, -0.2) is 43.7 Å². The predicted molar refractivity (Wildman–Crippen MR) is 78.6 cm³/mol. The first-order valence-electron chi connectivity index (χ1n) is 6.71. The largest absolute Gasteiger partial charge is 0.490 e. The quantitative estimate of drug-likeness (QED) is 0.746. The van der Waals surface area contributed by atoms with Crippen LogP contribution in [-0.2, 0) is 14.6 Å². The Balaban J connectivity index is 2.67. The summed E-state index contributed by atoms with van der Waals surface area (Å²) in [6.07, 6.45) is 0.0349. The van der Waals surface area contributed by atoms with Crippen molar-refractivity contribution in [2.75, 3.05) is 19.0 Å². The SMILES string of the molecule is CCOc1ccccc1OCCS(=O)(=O)C(CC)C(=O)O. The predicted octanol–water partition coefficient (Wildman–Crippen LogP) is 1.74. The van der Waals surface area contributed by atoms with Crippen LogP contribution in [0.25, 0.3) is 0 Å². The molecule has 1 unspecified atom stereocenters. The van der Waals surface area contributed by atoms with E-state index in [0.717, 1.165) is 0 Å². The molecule has 21 heavy (non-hydrogen) atoms. The molecule has 0 aliphatic rings. The molecule has 1 N–H and O–H groups in total. The minimum Gasteiger partial charge on any atom is -0.490 e. The van der Waals surface area contributed by atoms with Crippen LogP contribution in [0.3, 0.4) is 0 Å². The fourth-order valence-corrected chi connectivity index (χ4v) is 3.25. The molecule has 1 aromatic carbocycles. The summed E-state index contributed by atoms with van der Waals surface area (Å²) in [7, 11) is -3.73. The second kappa shape index (κ2) is 7.87. The molecule has 0 saturated heterocycles. The van der Waals surface area contributed by atoms with E-state index in [4.69, 9.17) is 14.6 Å². The molecule has 0 amide bonds. The Morgan fingerprint density at radius 2 is 1.76 bits per heavy atom. The van der Waals surface area contributed by atoms with Gasteiger partial charge in [0.15, 0.2) is 26.6 Å². The van der Waals surface area contributed by atoms with Gasteiger partial charge in [0, 0.05) is 0 Å². The van der Waals surface area contributed by atoms with E-state index in [1.165, 1.54) is 6.92 Å². The summed E-state index contributed by atoms with van der Waals surface area (Å²) >= 11 is 0. The summed E-state index contributed by atoms with van der Waals surface area (Å²) in [5.41, 5.74) is 0. The molecule has 118 valence electrons. The van der Waals surface area contributed by atoms with Gasteiger partial charge in [0.1, 0.15) is 6.61 Å². The molecule has 7 heteroatoms. The second-order valence-electron chi connectivity index (χ2n) is 4.33. The molecule has 0 aliphatic carbocycles. The molecule has 0 radical (unpaired) electrons. The topological polar surface area (TPSA) is 89.9 Å². The van der Waals surface area contributed by atoms with Gasteiger partial charge >= 0.3 is 5.97 Å². The van der Waals surface area contributed by atoms with Gasteiger partial charge in [0.25, 0.3) is 0 Å². The number of hydrogen-bond donors (Lipinski definition) is 1. The van der Waals surface area contributed by atoms with Crippen LogP contribution in [0.4, 0.5) is 0 Å². The van der Waals surface area contributed by atoms with Crippen molar-refractivity contribution in [3.05, 3.63) is 24.3 Å². The molecule has 0 spiro atoms. The van der Waals surface area contributed by atoms with Gasteiger partial charge in [-0.05, 0) is 25.5 Å². The highest BCUT2D eigenvalue weighted by atomic mass is 32.2. The zero-order chi connectivity index (χ0) is 15.9. The molecule has 0 fully saturated rings. The number of hydrogen-bond acceptors (Lipinski definition) is 5. The molecule has 0 bridgehead atoms. The molecule has 0 aromatic heterocycles. The van der Waals surface area contributed by atoms with Crippen molar-refractivity contribution < 1.29 is 27.8 Å². The number of sulfone groups is 1. The molecular formula is C14H20O6S. The molecule has 1 rings (SSSR count). The van der Waals surface area contributed by atoms with Crippen LogP contribution in [0.1, 0.15) is 20.3 Å². The standard InChI is InChI=1S/C14H20O6S/c1-3-13(14(15)16)21(17,18)10-9-20-12-8-6-5-7-11(12)19-4-2/h5-8,13H,3-4,9-10H2,1-2H3,(H,15,16). The minimum atomic E-state index is -3.73. The third-order valence-corrected chi connectivity index (χ3v) is 4.99. The number of benzene rings is 1. The highest BCUT2D eigenvalue weighted by Crippen LogP contribution is 2.26. The number of para-hydroxylation sites is 2. The Labute approximate surface area is 124 Å². The summed E-state index contributed by atoms with van der Waals surface area (Å²) in [6, 6.07) is 6.93. The highest BCUT2D eigenvalue weighted by Gasteiger charge is 2.30. The van der Waals surface area contributed by atoms with Crippen LogP contribution in [0, 0.1) is 0 Å². The number of carboxylic acid groups (broad SMARTS) is 1. The molecular weight excluding hydrogens is 296 g/mol. The summed E-state index contributed by atoms with van der Waals surface area (Å²) in [5, 5.41) is 7.51. The third kappa shape index (κ3) is 4.93. The maximum Gasteiger partial charge on any atom is 0.321 e. The second-order valence-corrected chi connectivity index (χ2v) is 6.63. The number of rotatable bonds is 9. The Morgan fingerprint density at radius 1 is 1.19 bits per heavy atom. The summed E-state index contributed by atoms with van der Waals surface area (Å²) in [5.74, 6) is -0.703. The van der Waals surface area contributed by atoms with E-state index in [2.05, 4.69) is 0 Å². The average molecular weight is 316 g/mol. The number of carboxylic acids is 1. The van der Waals surface area contributed by atoms with Crippen molar-refractivity contribution in [3.8, 4) is 11.5 Å². The lowest BCUT2D eigenvalue weighted by Gasteiger charge is -2.14. The summed E-state index contributed by atoms with van der Waals surface area (Å²) < 4.78 is 34.6. The maximum atomic E-state index is 11.9. The number of aliphatic carboxylic acids is 1. The third-order valence-electron chi connectivity index (χ3n) is 2.85. The van der Waals surface area contributed by atoms with Crippen LogP contribution in [0.5, 0.6) is 11.5 Å². The zero-order valence-electron chi connectivity index (χ0n) is 12.1. The molecule has 0 aliphatic heterocycles. The zero-order valence-corrected chi connectivity index (χ0v) is 12.9. The highest BCUT2D eigenvalue weighted by molar-refractivity contribution is 7.92. The Kier molecular flexibility index (Phi) is 6.48. The Hall–Kier alpha value is -1.76. The lowest BCUT2D eigenvalue weighted by molar-refractivity contribution is -0.136. The maximum absolute atomic E-state index is 11.9. The van der Waals surface area contributed by atoms with E-state index in [0.29, 0.717) is 18.1 Å². The number of carbonyl (C=O) groups is 1. The smallest absolute Gasteiger partial charge is 0.321 e. The first kappa shape index (κ1) is 17.3. The number of ether oxygens (including phenoxy) is 2. The van der Waals surface area contributed by atoms with Crippen molar-refractivity contribution in [2.45, 2.75) is 25.5 Å². The van der Waals surface area contributed by atoms with Gasteiger partial charge in [-0.2, -0.15) is 0 Å². The van der Waals surface area contributed by atoms with E-state index >= 15 is 0 Å². The van der Waals surface area contributed by atoms with Gasteiger partial charge in [0.05, 0.1) is 12.4 Å². The Morgan fingerprint density at radius 3 is 2.24 bits per heavy atom. The molecule has 6 nitrogen and oxygen atoms in total. The van der Waals surface area contributed by atoms with Crippen LogP contribution < -0.4 is 9.47 Å². The van der Waals surface area contributed by atoms with E-state index < -0.39 is 21.1 Å². The monoisotopic (exact) mass is 316 g/mol. The van der Waals surface area contributed by atoms with Gasteiger partial charge in [-0.15, -0.1) is 0 Å². The summed E-state index contributed by atoms with van der Waals surface area (Å²) in [6.45, 7) is 3.72. The first-order valence-corrected chi connectivity index (χ1v) is 8.42. The van der Waals surface area contributed by atoms with Crippen molar-refractivity contribution in [1.82, 2.24) is 0 Å². The van der Waals surface area contributed by atoms with Gasteiger partial charge < -0.3 is 14.6 Å². The lowest BCUT2D eigenvalue weighted by Crippen LogP contribution is -2.33. The first-order chi connectivity index (χ1) is 9.92. The van der Waals surface area contributed by atoms with Gasteiger partial charge in [-0.3, -0.25) is 4.79 Å². The normalized spacial score (nSPS) is 12.7. The minimum absolute atomic E-state index is 0.0349. The Bertz CT molecular complexity index is 567. The van der Waals surface area contributed by atoms with Gasteiger partial charge in [-0.25, -0.2) is 8.42 Å². The van der Waals surface area contributed by atoms with Gasteiger partial charge in [-0.1, -0.05) is 19.1 Å². The summed E-state index contributed by atoms with van der Waals surface area (Å²) in [4.78, 5) is 10.9. The molecule has 0 saturated carbocycles. The van der Waals surface area contributed by atoms with E-state index in [1.807, 2.05) is 6.92 Å². The van der Waals surface area contributed by atoms with Crippen LogP contribution >= 0.6 is 0 Å². The van der Waals surface area contributed by atoms with E-state index in [-0.39, 0.29) is 18.8 Å². The average Bonchev–Trinajstić information content (AvgIpc) is 2.40. The fourth-order valence-electron chi connectivity index (χ4n) is 1.84. The van der Waals surface area contributed by atoms with Crippen molar-refractivity contribution in [3.63, 3.8) is 0 Å². The van der Waals surface area contributed by atoms with Crippen molar-refractivity contribution >= 4 is 15.8 Å². The van der Waals surface area contributed by atoms with Crippen LogP contribution in [0.15, 0.2) is 24.3 Å². The van der Waals surface area contributed by atoms with Crippen molar-refractivity contribution in [1.29, 1.82) is 0 Å². The van der Waals surface area contributed by atoms with Gasteiger partial charge in [0.2, 0.25) is 0 Å². The van der Waals surface area contributed by atoms with Crippen LogP contribution in [0.2, 0.25) is 0 Å². The molecule has 0 heterocycles. The van der Waals surface area contributed by atoms with Crippen molar-refractivity contribution in [2.24, 2.45) is 0 Å².